The van der Waals surface area contributed by atoms with E-state index in [1.807, 2.05) is 29.1 Å². The molecule has 1 unspecified atom stereocenters. The number of hydrogen-bond acceptors (Lipinski definition) is 0. The molecule has 1 atom stereocenters. The van der Waals surface area contributed by atoms with Crippen LogP contribution >= 0.6 is 0 Å². The van der Waals surface area contributed by atoms with E-state index in [0.717, 1.165) is 6.54 Å². The lowest BCUT2D eigenvalue weighted by atomic mass is 10.1. The van der Waals surface area contributed by atoms with Gasteiger partial charge in [-0.2, -0.15) is 0 Å². The highest BCUT2D eigenvalue weighted by molar-refractivity contribution is 4.92. The summed E-state index contributed by atoms with van der Waals surface area (Å²) in [5.74, 6) is -2.25. The highest BCUT2D eigenvalue weighted by Crippen LogP contribution is 2.39. The first kappa shape index (κ1) is 8.73. The van der Waals surface area contributed by atoms with Gasteiger partial charge in [0.25, 0.3) is 0 Å². The first-order valence-corrected chi connectivity index (χ1v) is 4.64. The molecule has 1 aromatic rings. The van der Waals surface area contributed by atoms with Crippen LogP contribution in [0.5, 0.6) is 0 Å². The summed E-state index contributed by atoms with van der Waals surface area (Å²) in [6.45, 7) is 0.739. The van der Waals surface area contributed by atoms with Crippen molar-refractivity contribution in [2.75, 3.05) is 0 Å². The second-order valence-electron chi connectivity index (χ2n) is 3.84. The second kappa shape index (κ2) is 3.13. The van der Waals surface area contributed by atoms with Crippen LogP contribution in [0.1, 0.15) is 19.3 Å². The Bertz CT molecular complexity index is 266. The Kier molecular flexibility index (Phi) is 2.10. The SMILES string of the molecule is FC1(F)CCC(Cn2cccc2)C1. The molecule has 1 saturated carbocycles. The molecule has 72 valence electrons. The smallest absolute Gasteiger partial charge is 0.248 e. The third kappa shape index (κ3) is 2.08. The topological polar surface area (TPSA) is 4.93 Å². The third-order valence-electron chi connectivity index (χ3n) is 2.64. The van der Waals surface area contributed by atoms with E-state index >= 15 is 0 Å². The van der Waals surface area contributed by atoms with Gasteiger partial charge in [0.05, 0.1) is 0 Å². The lowest BCUT2D eigenvalue weighted by Crippen LogP contribution is -2.12. The van der Waals surface area contributed by atoms with Crippen LogP contribution in [0.2, 0.25) is 0 Å². The fourth-order valence-corrected chi connectivity index (χ4v) is 1.99. The molecule has 1 aromatic heterocycles. The normalized spacial score (nSPS) is 26.5. The number of halogens is 2. The van der Waals surface area contributed by atoms with Gasteiger partial charge in [-0.05, 0) is 24.5 Å². The van der Waals surface area contributed by atoms with E-state index in [0.29, 0.717) is 6.42 Å². The summed E-state index contributed by atoms with van der Waals surface area (Å²) in [6.07, 6.45) is 4.64. The molecule has 1 heterocycles. The largest absolute Gasteiger partial charge is 0.354 e. The number of aromatic nitrogens is 1. The van der Waals surface area contributed by atoms with E-state index in [-0.39, 0.29) is 18.8 Å². The maximum atomic E-state index is 12.8. The molecular formula is C10H13F2N. The lowest BCUT2D eigenvalue weighted by molar-refractivity contribution is 0.00437. The van der Waals surface area contributed by atoms with Gasteiger partial charge in [-0.25, -0.2) is 8.78 Å². The average Bonchev–Trinajstić information content (AvgIpc) is 2.61. The van der Waals surface area contributed by atoms with Gasteiger partial charge in [-0.1, -0.05) is 0 Å². The van der Waals surface area contributed by atoms with Crippen LogP contribution in [-0.4, -0.2) is 10.5 Å². The molecule has 0 bridgehead atoms. The molecule has 1 nitrogen and oxygen atoms in total. The molecular weight excluding hydrogens is 172 g/mol. The van der Waals surface area contributed by atoms with Gasteiger partial charge in [0.1, 0.15) is 0 Å². The fraction of sp³-hybridized carbons (Fsp3) is 0.600. The van der Waals surface area contributed by atoms with Crippen molar-refractivity contribution in [3.05, 3.63) is 24.5 Å². The monoisotopic (exact) mass is 185 g/mol. The van der Waals surface area contributed by atoms with Crippen molar-refractivity contribution in [1.29, 1.82) is 0 Å². The summed E-state index contributed by atoms with van der Waals surface area (Å²) >= 11 is 0. The fourth-order valence-electron chi connectivity index (χ4n) is 1.99. The minimum Gasteiger partial charge on any atom is -0.354 e. The van der Waals surface area contributed by atoms with Crippen molar-refractivity contribution in [2.24, 2.45) is 5.92 Å². The van der Waals surface area contributed by atoms with Gasteiger partial charge >= 0.3 is 0 Å². The molecule has 1 fully saturated rings. The molecule has 0 aliphatic heterocycles. The van der Waals surface area contributed by atoms with E-state index in [1.54, 1.807) is 0 Å². The Balaban J connectivity index is 1.91. The molecule has 3 heteroatoms. The van der Waals surface area contributed by atoms with E-state index in [2.05, 4.69) is 0 Å². The number of hydrogen-bond donors (Lipinski definition) is 0. The Morgan fingerprint density at radius 2 is 2.00 bits per heavy atom. The van der Waals surface area contributed by atoms with Crippen molar-refractivity contribution < 1.29 is 8.78 Å². The van der Waals surface area contributed by atoms with E-state index in [4.69, 9.17) is 0 Å². The minimum absolute atomic E-state index is 0.0607. The van der Waals surface area contributed by atoms with Gasteiger partial charge in [0.15, 0.2) is 0 Å². The van der Waals surface area contributed by atoms with Crippen molar-refractivity contribution in [2.45, 2.75) is 31.7 Å². The molecule has 2 rings (SSSR count). The van der Waals surface area contributed by atoms with Crippen LogP contribution in [0.4, 0.5) is 8.78 Å². The van der Waals surface area contributed by atoms with Crippen LogP contribution in [0.3, 0.4) is 0 Å². The first-order valence-electron chi connectivity index (χ1n) is 4.64. The summed E-state index contributed by atoms with van der Waals surface area (Å²) in [7, 11) is 0. The summed E-state index contributed by atoms with van der Waals surface area (Å²) in [5.41, 5.74) is 0. The zero-order valence-corrected chi connectivity index (χ0v) is 7.42. The van der Waals surface area contributed by atoms with Crippen LogP contribution in [-0.2, 0) is 6.54 Å². The second-order valence-corrected chi connectivity index (χ2v) is 3.84. The average molecular weight is 185 g/mol. The summed E-state index contributed by atoms with van der Waals surface area (Å²) in [6, 6.07) is 3.85. The highest BCUT2D eigenvalue weighted by atomic mass is 19.3. The molecule has 0 amide bonds. The Labute approximate surface area is 76.4 Å². The van der Waals surface area contributed by atoms with Gasteiger partial charge < -0.3 is 4.57 Å². The number of rotatable bonds is 2. The summed E-state index contributed by atoms with van der Waals surface area (Å²) in [4.78, 5) is 0. The lowest BCUT2D eigenvalue weighted by Gasteiger charge is -2.11. The Morgan fingerprint density at radius 3 is 2.54 bits per heavy atom. The quantitative estimate of drug-likeness (QED) is 0.667. The minimum atomic E-state index is -2.40. The van der Waals surface area contributed by atoms with Crippen LogP contribution < -0.4 is 0 Å². The molecule has 0 aromatic carbocycles. The summed E-state index contributed by atoms with van der Waals surface area (Å²) < 4.78 is 27.6. The van der Waals surface area contributed by atoms with Crippen molar-refractivity contribution >= 4 is 0 Å². The van der Waals surface area contributed by atoms with E-state index in [1.165, 1.54) is 0 Å². The third-order valence-corrected chi connectivity index (χ3v) is 2.64. The van der Waals surface area contributed by atoms with Crippen LogP contribution in [0.15, 0.2) is 24.5 Å². The van der Waals surface area contributed by atoms with Crippen molar-refractivity contribution in [3.63, 3.8) is 0 Å². The molecule has 13 heavy (non-hydrogen) atoms. The molecule has 0 saturated heterocycles. The summed E-state index contributed by atoms with van der Waals surface area (Å²) in [5, 5.41) is 0. The van der Waals surface area contributed by atoms with E-state index < -0.39 is 5.92 Å². The Morgan fingerprint density at radius 1 is 1.31 bits per heavy atom. The standard InChI is InChI=1S/C10H13F2N/c11-10(12)4-3-9(7-10)8-13-5-1-2-6-13/h1-2,5-6,9H,3-4,7-8H2. The van der Waals surface area contributed by atoms with Gasteiger partial charge in [-0.3, -0.25) is 0 Å². The van der Waals surface area contributed by atoms with E-state index in [9.17, 15) is 8.78 Å². The van der Waals surface area contributed by atoms with Gasteiger partial charge in [0.2, 0.25) is 5.92 Å². The number of nitrogens with zero attached hydrogens (tertiary/aromatic N) is 1. The highest BCUT2D eigenvalue weighted by Gasteiger charge is 2.39. The zero-order valence-electron chi connectivity index (χ0n) is 7.42. The molecule has 1 aliphatic rings. The molecule has 1 aliphatic carbocycles. The maximum Gasteiger partial charge on any atom is 0.248 e. The van der Waals surface area contributed by atoms with Gasteiger partial charge in [0, 0.05) is 31.8 Å². The first-order chi connectivity index (χ1) is 6.16. The van der Waals surface area contributed by atoms with Gasteiger partial charge in [-0.15, -0.1) is 0 Å². The molecule has 0 radical (unpaired) electrons. The maximum absolute atomic E-state index is 12.8. The number of alkyl halides is 2. The molecule has 0 spiro atoms. The Hall–Kier alpha value is -0.860. The predicted octanol–water partition coefficient (Wildman–Crippen LogP) is 2.92. The predicted molar refractivity (Wildman–Crippen MR) is 46.7 cm³/mol. The zero-order chi connectivity index (χ0) is 9.31. The van der Waals surface area contributed by atoms with Crippen LogP contribution in [0.25, 0.3) is 0 Å². The van der Waals surface area contributed by atoms with Crippen molar-refractivity contribution in [1.82, 2.24) is 4.57 Å². The van der Waals surface area contributed by atoms with Crippen molar-refractivity contribution in [3.8, 4) is 0 Å². The van der Waals surface area contributed by atoms with Crippen LogP contribution in [0, 0.1) is 5.92 Å². The molecule has 0 N–H and O–H groups in total.